The van der Waals surface area contributed by atoms with Crippen molar-refractivity contribution in [3.8, 4) is 11.5 Å². The van der Waals surface area contributed by atoms with Crippen LogP contribution in [-0.2, 0) is 12.8 Å². The summed E-state index contributed by atoms with van der Waals surface area (Å²) in [5, 5.41) is 1.29. The zero-order valence-corrected chi connectivity index (χ0v) is 12.5. The number of carbonyl (C=O) groups excluding carboxylic acids is 2. The van der Waals surface area contributed by atoms with Gasteiger partial charge in [-0.3, -0.25) is 0 Å². The number of hydrogen-bond donors (Lipinski definition) is 2. The molecule has 0 fully saturated rings. The molecule has 0 aromatic heterocycles. The van der Waals surface area contributed by atoms with Crippen LogP contribution in [0.2, 0.25) is 0 Å². The van der Waals surface area contributed by atoms with Gasteiger partial charge in [-0.05, 0) is 36.1 Å². The van der Waals surface area contributed by atoms with Crippen molar-refractivity contribution >= 4 is 23.0 Å². The minimum atomic E-state index is -0.900. The molecule has 6 heteroatoms. The maximum Gasteiger partial charge on any atom is 0.409 e. The molecule has 2 aromatic rings. The largest absolute Gasteiger partial charge is 0.410 e. The molecular formula is C16H18N2O4. The lowest BCUT2D eigenvalue weighted by molar-refractivity contribution is 0.209. The van der Waals surface area contributed by atoms with Gasteiger partial charge < -0.3 is 20.9 Å². The molecule has 0 radical (unpaired) electrons. The highest BCUT2D eigenvalue weighted by Gasteiger charge is 2.17. The van der Waals surface area contributed by atoms with Crippen LogP contribution in [0.4, 0.5) is 9.59 Å². The molecule has 0 bridgehead atoms. The van der Waals surface area contributed by atoms with E-state index in [2.05, 4.69) is 0 Å². The number of fused-ring (bicyclic) bond motifs is 1. The Morgan fingerprint density at radius 2 is 1.68 bits per heavy atom. The van der Waals surface area contributed by atoms with Crippen molar-refractivity contribution in [2.75, 3.05) is 0 Å². The first-order valence-corrected chi connectivity index (χ1v) is 6.99. The summed E-state index contributed by atoms with van der Waals surface area (Å²) < 4.78 is 10.2. The molecular weight excluding hydrogens is 284 g/mol. The molecule has 4 N–H and O–H groups in total. The summed E-state index contributed by atoms with van der Waals surface area (Å²) in [5.74, 6) is 0.718. The van der Waals surface area contributed by atoms with Gasteiger partial charge in [-0.1, -0.05) is 26.0 Å². The van der Waals surface area contributed by atoms with Crippen molar-refractivity contribution in [1.29, 1.82) is 0 Å². The minimum absolute atomic E-state index is 0.316. The number of primary amides is 2. The van der Waals surface area contributed by atoms with Gasteiger partial charge in [0.25, 0.3) is 0 Å². The van der Waals surface area contributed by atoms with E-state index in [1.807, 2.05) is 19.9 Å². The van der Waals surface area contributed by atoms with E-state index < -0.39 is 12.2 Å². The lowest BCUT2D eigenvalue weighted by Gasteiger charge is -2.16. The van der Waals surface area contributed by atoms with Crippen LogP contribution in [0.5, 0.6) is 11.5 Å². The normalized spacial score (nSPS) is 10.5. The first-order valence-electron chi connectivity index (χ1n) is 6.99. The zero-order valence-electron chi connectivity index (χ0n) is 12.5. The Bertz CT molecular complexity index is 740. The molecule has 0 atom stereocenters. The van der Waals surface area contributed by atoms with Gasteiger partial charge in [0, 0.05) is 10.8 Å². The highest BCUT2D eigenvalue weighted by Crippen LogP contribution is 2.38. The standard InChI is InChI=1S/C16H18N2O4/c1-3-9-8-12-11(6-5-7-13(12)21-15(17)19)14(10(9)4-2)22-16(18)20/h5-8H,3-4H2,1-2H3,(H2,17,19)(H2,18,20). The third kappa shape index (κ3) is 2.95. The lowest BCUT2D eigenvalue weighted by Crippen LogP contribution is -2.18. The van der Waals surface area contributed by atoms with E-state index in [0.717, 1.165) is 17.5 Å². The van der Waals surface area contributed by atoms with Gasteiger partial charge in [0.1, 0.15) is 11.5 Å². The third-order valence-corrected chi connectivity index (χ3v) is 3.44. The first kappa shape index (κ1) is 15.6. The first-order chi connectivity index (χ1) is 10.5. The summed E-state index contributed by atoms with van der Waals surface area (Å²) >= 11 is 0. The molecule has 0 aliphatic heterocycles. The summed E-state index contributed by atoms with van der Waals surface area (Å²) in [6.07, 6.45) is -0.366. The van der Waals surface area contributed by atoms with Crippen LogP contribution in [0.3, 0.4) is 0 Å². The molecule has 6 nitrogen and oxygen atoms in total. The molecule has 0 aliphatic carbocycles. The monoisotopic (exact) mass is 302 g/mol. The number of carbonyl (C=O) groups is 2. The molecule has 2 aromatic carbocycles. The summed E-state index contributed by atoms with van der Waals surface area (Å²) in [6.45, 7) is 3.96. The predicted octanol–water partition coefficient (Wildman–Crippen LogP) is 2.88. The van der Waals surface area contributed by atoms with Crippen LogP contribution in [-0.4, -0.2) is 12.2 Å². The van der Waals surface area contributed by atoms with E-state index in [1.54, 1.807) is 18.2 Å². The topological polar surface area (TPSA) is 105 Å². The van der Waals surface area contributed by atoms with Gasteiger partial charge >= 0.3 is 12.2 Å². The third-order valence-electron chi connectivity index (χ3n) is 3.44. The molecule has 2 rings (SSSR count). The number of aryl methyl sites for hydroxylation is 1. The second-order valence-corrected chi connectivity index (χ2v) is 4.74. The molecule has 0 spiro atoms. The number of nitrogens with two attached hydrogens (primary N) is 2. The predicted molar refractivity (Wildman–Crippen MR) is 83.1 cm³/mol. The number of amides is 2. The number of benzene rings is 2. The van der Waals surface area contributed by atoms with E-state index in [-0.39, 0.29) is 0 Å². The summed E-state index contributed by atoms with van der Waals surface area (Å²) in [6, 6.07) is 7.02. The molecule has 0 heterocycles. The van der Waals surface area contributed by atoms with Gasteiger partial charge in [0.15, 0.2) is 0 Å². The Hall–Kier alpha value is -2.76. The van der Waals surface area contributed by atoms with Crippen molar-refractivity contribution < 1.29 is 19.1 Å². The molecule has 0 saturated carbocycles. The van der Waals surface area contributed by atoms with Crippen LogP contribution >= 0.6 is 0 Å². The van der Waals surface area contributed by atoms with Gasteiger partial charge in [0.2, 0.25) is 0 Å². The Morgan fingerprint density at radius 1 is 1.00 bits per heavy atom. The fraction of sp³-hybridized carbons (Fsp3) is 0.250. The molecule has 22 heavy (non-hydrogen) atoms. The minimum Gasteiger partial charge on any atom is -0.410 e. The average Bonchev–Trinajstić information content (AvgIpc) is 2.46. The molecule has 2 amide bonds. The quantitative estimate of drug-likeness (QED) is 0.905. The second-order valence-electron chi connectivity index (χ2n) is 4.74. The Labute approximate surface area is 128 Å². The molecule has 0 aliphatic rings. The van der Waals surface area contributed by atoms with E-state index in [9.17, 15) is 9.59 Å². The van der Waals surface area contributed by atoms with Crippen molar-refractivity contribution in [2.45, 2.75) is 26.7 Å². The van der Waals surface area contributed by atoms with Gasteiger partial charge in [-0.25, -0.2) is 9.59 Å². The zero-order chi connectivity index (χ0) is 16.3. The molecule has 116 valence electrons. The van der Waals surface area contributed by atoms with Crippen LogP contribution in [0.1, 0.15) is 25.0 Å². The van der Waals surface area contributed by atoms with Crippen LogP contribution in [0.15, 0.2) is 24.3 Å². The van der Waals surface area contributed by atoms with Gasteiger partial charge in [0.05, 0.1) is 0 Å². The lowest BCUT2D eigenvalue weighted by atomic mass is 9.95. The van der Waals surface area contributed by atoms with E-state index >= 15 is 0 Å². The maximum absolute atomic E-state index is 11.2. The maximum atomic E-state index is 11.2. The highest BCUT2D eigenvalue weighted by atomic mass is 16.6. The van der Waals surface area contributed by atoms with E-state index in [1.165, 1.54) is 0 Å². The van der Waals surface area contributed by atoms with E-state index in [0.29, 0.717) is 28.7 Å². The SMILES string of the molecule is CCc1cc2c(OC(N)=O)cccc2c(OC(N)=O)c1CC. The summed E-state index contributed by atoms with van der Waals surface area (Å²) in [7, 11) is 0. The number of ether oxygens (including phenoxy) is 2. The second kappa shape index (κ2) is 6.34. The molecule has 0 unspecified atom stereocenters. The van der Waals surface area contributed by atoms with Crippen LogP contribution in [0, 0.1) is 0 Å². The van der Waals surface area contributed by atoms with Crippen molar-refractivity contribution in [3.63, 3.8) is 0 Å². The fourth-order valence-electron chi connectivity index (χ4n) is 2.58. The van der Waals surface area contributed by atoms with Gasteiger partial charge in [-0.15, -0.1) is 0 Å². The van der Waals surface area contributed by atoms with Crippen LogP contribution < -0.4 is 20.9 Å². The fourth-order valence-corrected chi connectivity index (χ4v) is 2.58. The van der Waals surface area contributed by atoms with Crippen molar-refractivity contribution in [1.82, 2.24) is 0 Å². The van der Waals surface area contributed by atoms with E-state index in [4.69, 9.17) is 20.9 Å². The summed E-state index contributed by atoms with van der Waals surface area (Å²) in [5.41, 5.74) is 12.2. The number of rotatable bonds is 4. The Balaban J connectivity index is 2.80. The average molecular weight is 302 g/mol. The highest BCUT2D eigenvalue weighted by molar-refractivity contribution is 5.97. The van der Waals surface area contributed by atoms with Gasteiger partial charge in [-0.2, -0.15) is 0 Å². The summed E-state index contributed by atoms with van der Waals surface area (Å²) in [4.78, 5) is 22.3. The van der Waals surface area contributed by atoms with Crippen LogP contribution in [0.25, 0.3) is 10.8 Å². The Morgan fingerprint density at radius 3 is 2.23 bits per heavy atom. The molecule has 0 saturated heterocycles. The smallest absolute Gasteiger partial charge is 0.409 e. The Kier molecular flexibility index (Phi) is 4.50. The number of hydrogen-bond acceptors (Lipinski definition) is 4. The van der Waals surface area contributed by atoms with Crippen molar-refractivity contribution in [3.05, 3.63) is 35.4 Å². The van der Waals surface area contributed by atoms with Crippen molar-refractivity contribution in [2.24, 2.45) is 11.5 Å².